The number of allylic oxidation sites excluding steroid dienone is 7. The summed E-state index contributed by atoms with van der Waals surface area (Å²) in [6.45, 7) is 0. The molecule has 0 saturated carbocycles. The highest BCUT2D eigenvalue weighted by molar-refractivity contribution is 8.00. The summed E-state index contributed by atoms with van der Waals surface area (Å²) in [5, 5.41) is 5.52. The van der Waals surface area contributed by atoms with Gasteiger partial charge in [-0.05, 0) is 18.1 Å². The molecule has 2 N–H and O–H groups in total. The summed E-state index contributed by atoms with van der Waals surface area (Å²) in [7, 11) is 0. The number of hydrogen-bond acceptors (Lipinski definition) is 3. The van der Waals surface area contributed by atoms with Crippen molar-refractivity contribution in [1.82, 2.24) is 0 Å². The van der Waals surface area contributed by atoms with Crippen LogP contribution in [0, 0.1) is 0 Å². The minimum Gasteiger partial charge on any atom is -0.289 e. The van der Waals surface area contributed by atoms with Crippen molar-refractivity contribution in [3.05, 3.63) is 76.8 Å². The molecule has 0 bridgehead atoms. The van der Waals surface area contributed by atoms with Crippen molar-refractivity contribution in [2.75, 3.05) is 0 Å². The molecule has 0 spiro atoms. The van der Waals surface area contributed by atoms with Gasteiger partial charge in [-0.25, -0.2) is 0 Å². The van der Waals surface area contributed by atoms with Gasteiger partial charge in [0.1, 0.15) is 0 Å². The van der Waals surface area contributed by atoms with Gasteiger partial charge in [-0.2, -0.15) is 0 Å². The first-order chi connectivity index (χ1) is 9.29. The highest BCUT2D eigenvalue weighted by Gasteiger charge is 2.04. The second-order valence-electron chi connectivity index (χ2n) is 4.09. The first kappa shape index (κ1) is 13.6. The Balaban J connectivity index is 2.10. The molecule has 1 aromatic rings. The molecular weight excluding hydrogens is 254 g/mol. The van der Waals surface area contributed by atoms with Crippen molar-refractivity contribution in [3.8, 4) is 0 Å². The maximum absolute atomic E-state index is 12.0. The Labute approximate surface area is 117 Å². The standard InChI is InChI=1S/C16H15NOS/c17-19-15-8-4-7-14(10-11-15)16(18)12-9-13-5-2-1-3-6-13/h1-7,9-12H,8,17H2/b12-9+. The summed E-state index contributed by atoms with van der Waals surface area (Å²) in [5.41, 5.74) is 1.69. The Hall–Kier alpha value is -1.84. The molecular formula is C16H15NOS. The van der Waals surface area contributed by atoms with E-state index in [1.54, 1.807) is 6.08 Å². The maximum atomic E-state index is 12.0. The van der Waals surface area contributed by atoms with Gasteiger partial charge >= 0.3 is 0 Å². The zero-order valence-corrected chi connectivity index (χ0v) is 11.3. The molecule has 2 nitrogen and oxygen atoms in total. The smallest absolute Gasteiger partial charge is 0.185 e. The van der Waals surface area contributed by atoms with Gasteiger partial charge in [-0.1, -0.05) is 72.7 Å². The summed E-state index contributed by atoms with van der Waals surface area (Å²) in [5.74, 6) is -0.000348. The third-order valence-corrected chi connectivity index (χ3v) is 3.33. The van der Waals surface area contributed by atoms with Gasteiger partial charge in [0.2, 0.25) is 0 Å². The van der Waals surface area contributed by atoms with Gasteiger partial charge in [0.15, 0.2) is 5.78 Å². The second kappa shape index (κ2) is 6.92. The van der Waals surface area contributed by atoms with E-state index >= 15 is 0 Å². The SMILES string of the molecule is NSC1=CC=C(C(=O)/C=C/c2ccccc2)C=CC1. The van der Waals surface area contributed by atoms with E-state index in [0.717, 1.165) is 16.9 Å². The number of hydrogen-bond donors (Lipinski definition) is 1. The van der Waals surface area contributed by atoms with E-state index in [0.29, 0.717) is 5.57 Å². The molecule has 0 radical (unpaired) electrons. The van der Waals surface area contributed by atoms with Gasteiger partial charge in [-0.15, -0.1) is 0 Å². The molecule has 0 heterocycles. The fourth-order valence-electron chi connectivity index (χ4n) is 1.69. The van der Waals surface area contributed by atoms with Gasteiger partial charge < -0.3 is 0 Å². The van der Waals surface area contributed by atoms with Crippen molar-refractivity contribution in [2.45, 2.75) is 6.42 Å². The Bertz CT molecular complexity index is 568. The molecule has 0 aliphatic heterocycles. The third-order valence-electron chi connectivity index (χ3n) is 2.73. The van der Waals surface area contributed by atoms with E-state index < -0.39 is 0 Å². The third kappa shape index (κ3) is 4.09. The molecule has 0 amide bonds. The van der Waals surface area contributed by atoms with Crippen LogP contribution in [0.15, 0.2) is 71.2 Å². The predicted octanol–water partition coefficient (Wildman–Crippen LogP) is 3.65. The normalized spacial score (nSPS) is 15.0. The van der Waals surface area contributed by atoms with Crippen LogP contribution in [-0.4, -0.2) is 5.78 Å². The topological polar surface area (TPSA) is 43.1 Å². The lowest BCUT2D eigenvalue weighted by Crippen LogP contribution is -1.94. The first-order valence-electron chi connectivity index (χ1n) is 6.01. The molecule has 0 atom stereocenters. The van der Waals surface area contributed by atoms with Crippen LogP contribution < -0.4 is 5.14 Å². The fourth-order valence-corrected chi connectivity index (χ4v) is 2.03. The van der Waals surface area contributed by atoms with Crippen molar-refractivity contribution >= 4 is 23.8 Å². The number of carbonyl (C=O) groups is 1. The van der Waals surface area contributed by atoms with Crippen LogP contribution in [0.2, 0.25) is 0 Å². The maximum Gasteiger partial charge on any atom is 0.185 e. The number of nitrogens with two attached hydrogens (primary N) is 1. The second-order valence-corrected chi connectivity index (χ2v) is 4.85. The van der Waals surface area contributed by atoms with Gasteiger partial charge in [0, 0.05) is 10.5 Å². The Morgan fingerprint density at radius 3 is 2.74 bits per heavy atom. The van der Waals surface area contributed by atoms with Crippen molar-refractivity contribution in [3.63, 3.8) is 0 Å². The molecule has 3 heteroatoms. The zero-order chi connectivity index (χ0) is 13.5. The summed E-state index contributed by atoms with van der Waals surface area (Å²) in [4.78, 5) is 13.1. The summed E-state index contributed by atoms with van der Waals surface area (Å²) in [6.07, 6.45) is 11.7. The molecule has 19 heavy (non-hydrogen) atoms. The molecule has 2 rings (SSSR count). The molecule has 1 aliphatic carbocycles. The average molecular weight is 269 g/mol. The molecule has 1 aliphatic rings. The Kier molecular flexibility index (Phi) is 4.95. The lowest BCUT2D eigenvalue weighted by Gasteiger charge is -1.94. The van der Waals surface area contributed by atoms with Crippen molar-refractivity contribution in [1.29, 1.82) is 0 Å². The van der Waals surface area contributed by atoms with E-state index in [-0.39, 0.29) is 5.78 Å². The Morgan fingerprint density at radius 1 is 1.21 bits per heavy atom. The molecule has 96 valence electrons. The summed E-state index contributed by atoms with van der Waals surface area (Å²) < 4.78 is 0. The molecule has 0 unspecified atom stereocenters. The van der Waals surface area contributed by atoms with Gasteiger partial charge in [-0.3, -0.25) is 9.93 Å². The highest BCUT2D eigenvalue weighted by atomic mass is 32.2. The van der Waals surface area contributed by atoms with Crippen LogP contribution in [0.3, 0.4) is 0 Å². The number of rotatable bonds is 4. The largest absolute Gasteiger partial charge is 0.289 e. The fraction of sp³-hybridized carbons (Fsp3) is 0.0625. The van der Waals surface area contributed by atoms with Crippen LogP contribution in [-0.2, 0) is 4.79 Å². The van der Waals surface area contributed by atoms with Crippen molar-refractivity contribution in [2.24, 2.45) is 5.14 Å². The molecule has 0 fully saturated rings. The monoisotopic (exact) mass is 269 g/mol. The molecule has 1 aromatic carbocycles. The van der Waals surface area contributed by atoms with E-state index in [4.69, 9.17) is 5.14 Å². The lowest BCUT2D eigenvalue weighted by molar-refractivity contribution is -0.111. The lowest BCUT2D eigenvalue weighted by atomic mass is 10.1. The minimum atomic E-state index is -0.000348. The highest BCUT2D eigenvalue weighted by Crippen LogP contribution is 2.18. The van der Waals surface area contributed by atoms with E-state index in [1.165, 1.54) is 11.9 Å². The van der Waals surface area contributed by atoms with Crippen LogP contribution in [0.4, 0.5) is 0 Å². The zero-order valence-electron chi connectivity index (χ0n) is 10.5. The quantitative estimate of drug-likeness (QED) is 0.670. The molecule has 0 aromatic heterocycles. The molecule has 0 saturated heterocycles. The average Bonchev–Trinajstić information content (AvgIpc) is 2.71. The van der Waals surface area contributed by atoms with Gasteiger partial charge in [0.25, 0.3) is 0 Å². The summed E-state index contributed by atoms with van der Waals surface area (Å²) in [6, 6.07) is 9.77. The number of carbonyl (C=O) groups excluding carboxylic acids is 1. The van der Waals surface area contributed by atoms with Crippen molar-refractivity contribution < 1.29 is 4.79 Å². The number of ketones is 1. The first-order valence-corrected chi connectivity index (χ1v) is 6.89. The van der Waals surface area contributed by atoms with Crippen LogP contribution in [0.1, 0.15) is 12.0 Å². The summed E-state index contributed by atoms with van der Waals surface area (Å²) >= 11 is 1.22. The minimum absolute atomic E-state index is 0.000348. The van der Waals surface area contributed by atoms with Crippen LogP contribution in [0.25, 0.3) is 6.08 Å². The van der Waals surface area contributed by atoms with E-state index in [9.17, 15) is 4.79 Å². The Morgan fingerprint density at radius 2 is 2.00 bits per heavy atom. The predicted molar refractivity (Wildman–Crippen MR) is 82.2 cm³/mol. The van der Waals surface area contributed by atoms with Gasteiger partial charge in [0.05, 0.1) is 0 Å². The van der Waals surface area contributed by atoms with Crippen LogP contribution in [0.5, 0.6) is 0 Å². The van der Waals surface area contributed by atoms with Crippen LogP contribution >= 0.6 is 11.9 Å². The number of benzene rings is 1. The van der Waals surface area contributed by atoms with E-state index in [2.05, 4.69) is 0 Å². The van der Waals surface area contributed by atoms with E-state index in [1.807, 2.05) is 60.7 Å².